The molecule has 4 amide bonds. The zero-order chi connectivity index (χ0) is 28.2. The molecule has 3 N–H and O–H groups in total. The second kappa shape index (κ2) is 12.0. The molecule has 1 saturated carbocycles. The standard InChI is InChI=1S/C29H39ClN4O5/c1-28(2,3)39-27(38)32-22-15-8-6-4-5-7-12-19-18-29(19,26(37)31-21-14-10-9-13-20(21)30)33-24(35)23-16-11-17-34(23)25(22)36/h7,9-10,12-14,19,22-23H,4-6,8,11,15-18H2,1-3H3,(H,31,37)(H,32,38)(H,33,35)/b12-7-/t19-,22-,23-,29+/m0/s1. The number of amides is 4. The van der Waals surface area contributed by atoms with Crippen LogP contribution in [0.3, 0.4) is 0 Å². The van der Waals surface area contributed by atoms with E-state index in [0.29, 0.717) is 42.9 Å². The van der Waals surface area contributed by atoms with Crippen molar-refractivity contribution in [2.45, 2.75) is 95.4 Å². The van der Waals surface area contributed by atoms with Gasteiger partial charge < -0.3 is 25.6 Å². The third kappa shape index (κ3) is 7.12. The molecule has 2 fully saturated rings. The first-order valence-electron chi connectivity index (χ1n) is 13.8. The molecule has 1 aromatic carbocycles. The Morgan fingerprint density at radius 2 is 1.87 bits per heavy atom. The molecule has 1 aliphatic carbocycles. The van der Waals surface area contributed by atoms with E-state index < -0.39 is 29.3 Å². The highest BCUT2D eigenvalue weighted by molar-refractivity contribution is 6.33. The second-order valence-corrected chi connectivity index (χ2v) is 12.1. The first kappa shape index (κ1) is 28.9. The summed E-state index contributed by atoms with van der Waals surface area (Å²) in [6, 6.07) is 5.45. The fourth-order valence-electron chi connectivity index (χ4n) is 5.34. The summed E-state index contributed by atoms with van der Waals surface area (Å²) in [6.45, 7) is 5.71. The summed E-state index contributed by atoms with van der Waals surface area (Å²) in [5.41, 5.74) is -1.33. The van der Waals surface area contributed by atoms with E-state index >= 15 is 0 Å². The van der Waals surface area contributed by atoms with E-state index in [1.54, 1.807) is 49.9 Å². The minimum Gasteiger partial charge on any atom is -0.444 e. The monoisotopic (exact) mass is 558 g/mol. The van der Waals surface area contributed by atoms with Gasteiger partial charge in [0.1, 0.15) is 23.2 Å². The summed E-state index contributed by atoms with van der Waals surface area (Å²) in [5.74, 6) is -1.14. The van der Waals surface area contributed by atoms with Crippen molar-refractivity contribution in [1.82, 2.24) is 15.5 Å². The van der Waals surface area contributed by atoms with Crippen LogP contribution < -0.4 is 16.0 Å². The van der Waals surface area contributed by atoms with Crippen molar-refractivity contribution in [2.75, 3.05) is 11.9 Å². The van der Waals surface area contributed by atoms with Gasteiger partial charge in [0, 0.05) is 12.5 Å². The van der Waals surface area contributed by atoms with E-state index in [0.717, 1.165) is 25.7 Å². The average molecular weight is 559 g/mol. The van der Waals surface area contributed by atoms with Gasteiger partial charge in [-0.15, -0.1) is 0 Å². The number of carbonyl (C=O) groups is 4. The van der Waals surface area contributed by atoms with Gasteiger partial charge in [0.2, 0.25) is 11.8 Å². The van der Waals surface area contributed by atoms with E-state index in [9.17, 15) is 19.2 Å². The maximum absolute atomic E-state index is 13.7. The molecule has 9 nitrogen and oxygen atoms in total. The summed E-state index contributed by atoms with van der Waals surface area (Å²) in [4.78, 5) is 54.9. The minimum atomic E-state index is -1.11. The predicted molar refractivity (Wildman–Crippen MR) is 149 cm³/mol. The smallest absolute Gasteiger partial charge is 0.408 e. The second-order valence-electron chi connectivity index (χ2n) is 11.7. The molecule has 0 spiro atoms. The molecule has 0 radical (unpaired) electrons. The number of anilines is 1. The number of ether oxygens (including phenoxy) is 1. The average Bonchev–Trinajstić information content (AvgIpc) is 3.32. The summed E-state index contributed by atoms with van der Waals surface area (Å²) < 4.78 is 5.40. The van der Waals surface area contributed by atoms with Gasteiger partial charge in [0.15, 0.2) is 0 Å². The van der Waals surface area contributed by atoms with Crippen molar-refractivity contribution in [3.8, 4) is 0 Å². The number of carbonyl (C=O) groups excluding carboxylic acids is 4. The van der Waals surface area contributed by atoms with E-state index in [4.69, 9.17) is 16.3 Å². The molecule has 0 unspecified atom stereocenters. The highest BCUT2D eigenvalue weighted by Crippen LogP contribution is 2.46. The number of para-hydroxylation sites is 1. The van der Waals surface area contributed by atoms with Crippen molar-refractivity contribution in [2.24, 2.45) is 5.92 Å². The van der Waals surface area contributed by atoms with E-state index in [1.807, 2.05) is 6.08 Å². The van der Waals surface area contributed by atoms with Crippen molar-refractivity contribution in [3.05, 3.63) is 41.4 Å². The molecule has 39 heavy (non-hydrogen) atoms. The number of benzene rings is 1. The lowest BCUT2D eigenvalue weighted by Crippen LogP contribution is -2.57. The molecule has 1 saturated heterocycles. The third-order valence-corrected chi connectivity index (χ3v) is 7.78. The quantitative estimate of drug-likeness (QED) is 0.470. The van der Waals surface area contributed by atoms with Gasteiger partial charge in [-0.3, -0.25) is 14.4 Å². The van der Waals surface area contributed by atoms with Gasteiger partial charge in [-0.2, -0.15) is 0 Å². The van der Waals surface area contributed by atoms with Crippen molar-refractivity contribution < 1.29 is 23.9 Å². The van der Waals surface area contributed by atoms with Crippen molar-refractivity contribution >= 4 is 41.1 Å². The van der Waals surface area contributed by atoms with Crippen molar-refractivity contribution in [1.29, 1.82) is 0 Å². The van der Waals surface area contributed by atoms with Gasteiger partial charge in [0.25, 0.3) is 5.91 Å². The molecule has 0 aromatic heterocycles. The Kier molecular flexibility index (Phi) is 8.89. The Balaban J connectivity index is 1.55. The molecule has 2 heterocycles. The van der Waals surface area contributed by atoms with Crippen LogP contribution in [0.4, 0.5) is 10.5 Å². The number of allylic oxidation sites excluding steroid dienone is 1. The molecule has 2 aliphatic heterocycles. The summed E-state index contributed by atoms with van der Waals surface area (Å²) >= 11 is 6.26. The highest BCUT2D eigenvalue weighted by atomic mass is 35.5. The first-order chi connectivity index (χ1) is 18.5. The van der Waals surface area contributed by atoms with Gasteiger partial charge in [-0.05, 0) is 71.4 Å². The molecule has 1 aromatic rings. The van der Waals surface area contributed by atoms with Crippen LogP contribution in [0.5, 0.6) is 0 Å². The normalized spacial score (nSPS) is 28.6. The Hall–Kier alpha value is -3.07. The lowest BCUT2D eigenvalue weighted by atomic mass is 10.0. The van der Waals surface area contributed by atoms with Gasteiger partial charge in [-0.25, -0.2) is 4.79 Å². The SMILES string of the molecule is CC(C)(C)OC(=O)N[C@H]1CCCCC/C=C\[C@H]2C[C@@]2(C(=O)Nc2ccccc2Cl)NC(=O)[C@@H]2CCCN2C1=O. The van der Waals surface area contributed by atoms with E-state index in [2.05, 4.69) is 22.0 Å². The van der Waals surface area contributed by atoms with Crippen LogP contribution in [0.2, 0.25) is 5.02 Å². The topological polar surface area (TPSA) is 117 Å². The van der Waals surface area contributed by atoms with Crippen LogP contribution in [0.15, 0.2) is 36.4 Å². The number of rotatable bonds is 3. The molecular weight excluding hydrogens is 520 g/mol. The molecule has 0 bridgehead atoms. The van der Waals surface area contributed by atoms with E-state index in [1.165, 1.54) is 0 Å². The summed E-state index contributed by atoms with van der Waals surface area (Å²) in [7, 11) is 0. The fourth-order valence-corrected chi connectivity index (χ4v) is 5.52. The van der Waals surface area contributed by atoms with Gasteiger partial charge >= 0.3 is 6.09 Å². The van der Waals surface area contributed by atoms with Crippen LogP contribution in [-0.4, -0.2) is 58.5 Å². The summed E-state index contributed by atoms with van der Waals surface area (Å²) in [5, 5.41) is 9.04. The lowest BCUT2D eigenvalue weighted by Gasteiger charge is -2.30. The Morgan fingerprint density at radius 3 is 2.62 bits per heavy atom. The largest absolute Gasteiger partial charge is 0.444 e. The highest BCUT2D eigenvalue weighted by Gasteiger charge is 2.60. The minimum absolute atomic E-state index is 0.152. The number of hydrogen-bond acceptors (Lipinski definition) is 5. The number of hydrogen-bond donors (Lipinski definition) is 3. The number of alkyl carbamates (subject to hydrolysis) is 1. The van der Waals surface area contributed by atoms with Crippen LogP contribution in [0.25, 0.3) is 0 Å². The first-order valence-corrected chi connectivity index (χ1v) is 14.2. The Morgan fingerprint density at radius 1 is 1.10 bits per heavy atom. The zero-order valence-corrected chi connectivity index (χ0v) is 23.7. The maximum atomic E-state index is 13.7. The summed E-state index contributed by atoms with van der Waals surface area (Å²) in [6.07, 6.45) is 8.84. The van der Waals surface area contributed by atoms with E-state index in [-0.39, 0.29) is 23.6 Å². The van der Waals surface area contributed by atoms with Crippen LogP contribution >= 0.6 is 11.6 Å². The molecule has 212 valence electrons. The number of nitrogens with one attached hydrogen (secondary N) is 3. The number of halogens is 1. The predicted octanol–water partition coefficient (Wildman–Crippen LogP) is 4.56. The molecule has 3 aliphatic rings. The Bertz CT molecular complexity index is 1130. The number of fused-ring (bicyclic) bond motifs is 2. The molecule has 4 rings (SSSR count). The third-order valence-electron chi connectivity index (χ3n) is 7.45. The van der Waals surface area contributed by atoms with Gasteiger partial charge in [0.05, 0.1) is 10.7 Å². The van der Waals surface area contributed by atoms with Gasteiger partial charge in [-0.1, -0.05) is 48.7 Å². The maximum Gasteiger partial charge on any atom is 0.408 e. The van der Waals surface area contributed by atoms with Crippen LogP contribution in [-0.2, 0) is 19.1 Å². The number of nitrogens with zero attached hydrogens (tertiary/aromatic N) is 1. The Labute approximate surface area is 235 Å². The molecule has 4 atom stereocenters. The molecule has 10 heteroatoms. The fraction of sp³-hybridized carbons (Fsp3) is 0.586. The zero-order valence-electron chi connectivity index (χ0n) is 22.9. The van der Waals surface area contributed by atoms with Crippen LogP contribution in [0.1, 0.15) is 72.1 Å². The van der Waals surface area contributed by atoms with Crippen molar-refractivity contribution in [3.63, 3.8) is 0 Å². The molecular formula is C29H39ClN4O5. The lowest BCUT2D eigenvalue weighted by molar-refractivity contribution is -0.141. The van der Waals surface area contributed by atoms with Crippen LogP contribution in [0, 0.1) is 5.92 Å².